The Morgan fingerprint density at radius 3 is 2.65 bits per heavy atom. The zero-order valence-corrected chi connectivity index (χ0v) is 12.2. The molecular weight excluding hydrogens is 285 g/mol. The minimum Gasteiger partial charge on any atom is -0.480 e. The fourth-order valence-electron chi connectivity index (χ4n) is 1.71. The first kappa shape index (κ1) is 16.6. The van der Waals surface area contributed by atoms with Crippen LogP contribution in [0.5, 0.6) is 0 Å². The molecule has 7 heteroatoms. The van der Waals surface area contributed by atoms with Gasteiger partial charge < -0.3 is 5.11 Å². The number of sulfonamides is 1. The third kappa shape index (κ3) is 4.28. The molecule has 0 aliphatic carbocycles. The zero-order valence-electron chi connectivity index (χ0n) is 11.4. The number of hydrogen-bond donors (Lipinski definition) is 2. The van der Waals surface area contributed by atoms with Crippen molar-refractivity contribution in [1.82, 2.24) is 4.72 Å². The number of hydrogen-bond acceptors (Lipinski definition) is 3. The monoisotopic (exact) mass is 303 g/mol. The molecule has 2 N–H and O–H groups in total. The smallest absolute Gasteiger partial charge is 0.321 e. The van der Waals surface area contributed by atoms with Gasteiger partial charge in [0.15, 0.2) is 0 Å². The van der Waals surface area contributed by atoms with Crippen LogP contribution in [-0.4, -0.2) is 25.5 Å². The van der Waals surface area contributed by atoms with Gasteiger partial charge in [-0.05, 0) is 31.0 Å². The molecule has 1 unspecified atom stereocenters. The molecule has 1 rings (SSSR count). The van der Waals surface area contributed by atoms with Crippen LogP contribution in [-0.2, 0) is 14.8 Å². The van der Waals surface area contributed by atoms with E-state index in [4.69, 9.17) is 5.11 Å². The maximum Gasteiger partial charge on any atom is 0.321 e. The van der Waals surface area contributed by atoms with Crippen LogP contribution in [0.3, 0.4) is 0 Å². The summed E-state index contributed by atoms with van der Waals surface area (Å²) in [4.78, 5) is 10.5. The number of carboxylic acid groups (broad SMARTS) is 1. The molecule has 0 aliphatic rings. The lowest BCUT2D eigenvalue weighted by molar-refractivity contribution is -0.139. The number of halogens is 1. The molecule has 0 saturated carbocycles. The highest BCUT2D eigenvalue weighted by Crippen LogP contribution is 2.17. The SMILES string of the molecule is CCCCC(NS(=O)(=O)c1cc(C)ccc1F)C(=O)O. The summed E-state index contributed by atoms with van der Waals surface area (Å²) in [6.07, 6.45) is 1.47. The number of benzene rings is 1. The van der Waals surface area contributed by atoms with Crippen molar-refractivity contribution < 1.29 is 22.7 Å². The Hall–Kier alpha value is -1.47. The van der Waals surface area contributed by atoms with Crippen molar-refractivity contribution in [1.29, 1.82) is 0 Å². The molecule has 1 atom stereocenters. The number of unbranched alkanes of at least 4 members (excludes halogenated alkanes) is 1. The van der Waals surface area contributed by atoms with Gasteiger partial charge >= 0.3 is 5.97 Å². The summed E-state index contributed by atoms with van der Waals surface area (Å²) in [5.41, 5.74) is 0.576. The van der Waals surface area contributed by atoms with E-state index in [2.05, 4.69) is 0 Å². The van der Waals surface area contributed by atoms with Crippen LogP contribution >= 0.6 is 0 Å². The Morgan fingerprint density at radius 1 is 1.45 bits per heavy atom. The van der Waals surface area contributed by atoms with E-state index in [9.17, 15) is 17.6 Å². The molecule has 0 aromatic heterocycles. The number of rotatable bonds is 7. The van der Waals surface area contributed by atoms with Crippen molar-refractivity contribution in [2.45, 2.75) is 44.0 Å². The molecule has 0 aliphatic heterocycles. The number of carbonyl (C=O) groups is 1. The topological polar surface area (TPSA) is 83.5 Å². The first-order chi connectivity index (χ1) is 9.27. The molecule has 1 aromatic rings. The fraction of sp³-hybridized carbons (Fsp3) is 0.462. The fourth-order valence-corrected chi connectivity index (χ4v) is 3.09. The van der Waals surface area contributed by atoms with Crippen molar-refractivity contribution in [2.24, 2.45) is 0 Å². The van der Waals surface area contributed by atoms with Gasteiger partial charge in [-0.2, -0.15) is 4.72 Å². The van der Waals surface area contributed by atoms with Crippen LogP contribution in [0.1, 0.15) is 31.7 Å². The summed E-state index contributed by atoms with van der Waals surface area (Å²) in [6.45, 7) is 3.50. The third-order valence-electron chi connectivity index (χ3n) is 2.82. The largest absolute Gasteiger partial charge is 0.480 e. The highest BCUT2D eigenvalue weighted by atomic mass is 32.2. The van der Waals surface area contributed by atoms with Crippen LogP contribution < -0.4 is 4.72 Å². The molecular formula is C13H18FNO4S. The Bertz CT molecular complexity index is 586. The molecule has 0 bridgehead atoms. The van der Waals surface area contributed by atoms with Gasteiger partial charge in [0.25, 0.3) is 0 Å². The highest BCUT2D eigenvalue weighted by Gasteiger charge is 2.27. The van der Waals surface area contributed by atoms with Gasteiger partial charge in [-0.25, -0.2) is 12.8 Å². The van der Waals surface area contributed by atoms with Gasteiger partial charge in [0.05, 0.1) is 0 Å². The quantitative estimate of drug-likeness (QED) is 0.807. The molecule has 112 valence electrons. The predicted molar refractivity (Wildman–Crippen MR) is 72.4 cm³/mol. The lowest BCUT2D eigenvalue weighted by atomic mass is 10.1. The highest BCUT2D eigenvalue weighted by molar-refractivity contribution is 7.89. The van der Waals surface area contributed by atoms with Crippen molar-refractivity contribution in [3.05, 3.63) is 29.6 Å². The Labute approximate surface area is 117 Å². The summed E-state index contributed by atoms with van der Waals surface area (Å²) in [6, 6.07) is 2.42. The van der Waals surface area contributed by atoms with Crippen molar-refractivity contribution in [3.8, 4) is 0 Å². The summed E-state index contributed by atoms with van der Waals surface area (Å²) in [5, 5.41) is 9.01. The first-order valence-electron chi connectivity index (χ1n) is 6.29. The van der Waals surface area contributed by atoms with E-state index in [-0.39, 0.29) is 6.42 Å². The number of nitrogens with one attached hydrogen (secondary N) is 1. The van der Waals surface area contributed by atoms with Crippen LogP contribution in [0, 0.1) is 12.7 Å². The van der Waals surface area contributed by atoms with Crippen LogP contribution in [0.25, 0.3) is 0 Å². The normalized spacial score (nSPS) is 13.2. The maximum atomic E-state index is 13.6. The summed E-state index contributed by atoms with van der Waals surface area (Å²) < 4.78 is 39.8. The molecule has 0 fully saturated rings. The van der Waals surface area contributed by atoms with Gasteiger partial charge in [-0.15, -0.1) is 0 Å². The van der Waals surface area contributed by atoms with E-state index in [1.165, 1.54) is 12.1 Å². The standard InChI is InChI=1S/C13H18FNO4S/c1-3-4-5-11(13(16)17)15-20(18,19)12-8-9(2)6-7-10(12)14/h6-8,11,15H,3-5H2,1-2H3,(H,16,17). The van der Waals surface area contributed by atoms with E-state index in [1.807, 2.05) is 11.6 Å². The Balaban J connectivity index is 3.03. The van der Waals surface area contributed by atoms with Crippen LogP contribution in [0.4, 0.5) is 4.39 Å². The summed E-state index contributed by atoms with van der Waals surface area (Å²) in [7, 11) is -4.19. The van der Waals surface area contributed by atoms with Gasteiger partial charge in [0.1, 0.15) is 16.8 Å². The van der Waals surface area contributed by atoms with E-state index < -0.39 is 32.7 Å². The van der Waals surface area contributed by atoms with Gasteiger partial charge in [-0.3, -0.25) is 4.79 Å². The van der Waals surface area contributed by atoms with Crippen LogP contribution in [0.15, 0.2) is 23.1 Å². The van der Waals surface area contributed by atoms with E-state index in [0.717, 1.165) is 12.5 Å². The average Bonchev–Trinajstić information content (AvgIpc) is 2.36. The Morgan fingerprint density at radius 2 is 2.10 bits per heavy atom. The number of carboxylic acids is 1. The summed E-state index contributed by atoms with van der Waals surface area (Å²) >= 11 is 0. The first-order valence-corrected chi connectivity index (χ1v) is 7.77. The minimum atomic E-state index is -4.19. The van der Waals surface area contributed by atoms with Crippen molar-refractivity contribution >= 4 is 16.0 Å². The minimum absolute atomic E-state index is 0.165. The molecule has 20 heavy (non-hydrogen) atoms. The van der Waals surface area contributed by atoms with Gasteiger partial charge in [0, 0.05) is 0 Å². The zero-order chi connectivity index (χ0) is 15.3. The van der Waals surface area contributed by atoms with E-state index in [0.29, 0.717) is 12.0 Å². The lowest BCUT2D eigenvalue weighted by Crippen LogP contribution is -2.40. The van der Waals surface area contributed by atoms with E-state index in [1.54, 1.807) is 6.92 Å². The molecule has 0 amide bonds. The Kier molecular flexibility index (Phi) is 5.64. The van der Waals surface area contributed by atoms with Crippen molar-refractivity contribution in [2.75, 3.05) is 0 Å². The molecule has 0 heterocycles. The van der Waals surface area contributed by atoms with Crippen molar-refractivity contribution in [3.63, 3.8) is 0 Å². The van der Waals surface area contributed by atoms with E-state index >= 15 is 0 Å². The predicted octanol–water partition coefficient (Wildman–Crippen LogP) is 2.06. The van der Waals surface area contributed by atoms with Gasteiger partial charge in [-0.1, -0.05) is 25.8 Å². The average molecular weight is 303 g/mol. The molecule has 1 aromatic carbocycles. The third-order valence-corrected chi connectivity index (χ3v) is 4.30. The molecule has 0 radical (unpaired) electrons. The van der Waals surface area contributed by atoms with Gasteiger partial charge in [0.2, 0.25) is 10.0 Å². The number of aliphatic carboxylic acids is 1. The van der Waals surface area contributed by atoms with Crippen LogP contribution in [0.2, 0.25) is 0 Å². The second-order valence-electron chi connectivity index (χ2n) is 4.59. The number of aryl methyl sites for hydroxylation is 1. The molecule has 0 spiro atoms. The summed E-state index contributed by atoms with van der Waals surface area (Å²) in [5.74, 6) is -2.17. The molecule has 5 nitrogen and oxygen atoms in total. The maximum absolute atomic E-state index is 13.6. The second kappa shape index (κ2) is 6.81. The second-order valence-corrected chi connectivity index (χ2v) is 6.27. The molecule has 0 saturated heterocycles. The lowest BCUT2D eigenvalue weighted by Gasteiger charge is -2.15.